The van der Waals surface area contributed by atoms with Crippen LogP contribution in [-0.4, -0.2) is 19.3 Å². The van der Waals surface area contributed by atoms with Gasteiger partial charge in [-0.05, 0) is 62.1 Å². The first-order valence-electron chi connectivity index (χ1n) is 7.30. The fourth-order valence-electron chi connectivity index (χ4n) is 5.23. The van der Waals surface area contributed by atoms with Crippen LogP contribution in [-0.2, 0) is 7.05 Å². The van der Waals surface area contributed by atoms with Crippen LogP contribution in [0.5, 0.6) is 0 Å². The van der Waals surface area contributed by atoms with Gasteiger partial charge < -0.3 is 4.98 Å². The molecule has 3 saturated carbocycles. The molecule has 2 aromatic rings. The summed E-state index contributed by atoms with van der Waals surface area (Å²) in [6, 6.07) is 0.655. The van der Waals surface area contributed by atoms with Crippen molar-refractivity contribution < 1.29 is 0 Å². The Bertz CT molecular complexity index is 735. The number of nitrogens with zero attached hydrogens (tertiary/aromatic N) is 3. The second-order valence-corrected chi connectivity index (χ2v) is 7.07. The van der Waals surface area contributed by atoms with Crippen LogP contribution in [0.4, 0.5) is 0 Å². The number of nitrogens with one attached hydrogen (secondary N) is 1. The minimum absolute atomic E-state index is 0.655. The molecule has 2 heterocycles. The third kappa shape index (κ3) is 1.12. The molecule has 0 saturated heterocycles. The van der Waals surface area contributed by atoms with Crippen molar-refractivity contribution in [2.45, 2.75) is 32.2 Å². The van der Waals surface area contributed by atoms with E-state index in [2.05, 4.69) is 21.6 Å². The lowest BCUT2D eigenvalue weighted by Gasteiger charge is -2.11. The molecule has 3 aliphatic carbocycles. The monoisotopic (exact) mass is 274 g/mol. The van der Waals surface area contributed by atoms with Crippen molar-refractivity contribution in [3.63, 3.8) is 0 Å². The predicted molar refractivity (Wildman–Crippen MR) is 75.5 cm³/mol. The average molecular weight is 274 g/mol. The Balaban J connectivity index is 1.71. The molecule has 100 valence electrons. The van der Waals surface area contributed by atoms with Crippen LogP contribution < -0.4 is 0 Å². The summed E-state index contributed by atoms with van der Waals surface area (Å²) in [6.07, 6.45) is 4.39. The van der Waals surface area contributed by atoms with Gasteiger partial charge in [0, 0.05) is 13.1 Å². The smallest absolute Gasteiger partial charge is 0.179 e. The number of aromatic nitrogens is 4. The van der Waals surface area contributed by atoms with Crippen LogP contribution in [0.15, 0.2) is 0 Å². The van der Waals surface area contributed by atoms with E-state index in [9.17, 15) is 0 Å². The Morgan fingerprint density at radius 3 is 2.63 bits per heavy atom. The van der Waals surface area contributed by atoms with Crippen LogP contribution in [0.1, 0.15) is 31.0 Å². The van der Waals surface area contributed by atoms with Gasteiger partial charge in [-0.3, -0.25) is 9.25 Å². The largest absolute Gasteiger partial charge is 0.328 e. The first-order chi connectivity index (χ1) is 9.16. The SMILES string of the molecule is Cc1nn(C)c2c1[nH]c(=S)n2C1C2C3CCC(C3)C21. The van der Waals surface area contributed by atoms with Crippen LogP contribution in [0.3, 0.4) is 0 Å². The van der Waals surface area contributed by atoms with Gasteiger partial charge in [-0.2, -0.15) is 5.10 Å². The van der Waals surface area contributed by atoms with Gasteiger partial charge in [-0.1, -0.05) is 0 Å². The maximum atomic E-state index is 5.58. The molecule has 2 bridgehead atoms. The summed E-state index contributed by atoms with van der Waals surface area (Å²) in [5, 5.41) is 4.53. The van der Waals surface area contributed by atoms with Crippen molar-refractivity contribution in [1.82, 2.24) is 19.3 Å². The summed E-state index contributed by atoms with van der Waals surface area (Å²) in [4.78, 5) is 3.37. The van der Waals surface area contributed by atoms with E-state index >= 15 is 0 Å². The molecule has 1 N–H and O–H groups in total. The summed E-state index contributed by atoms with van der Waals surface area (Å²) >= 11 is 5.58. The van der Waals surface area contributed by atoms with Gasteiger partial charge in [0.05, 0.1) is 5.69 Å². The third-order valence-corrected chi connectivity index (χ3v) is 6.16. The number of hydrogen-bond acceptors (Lipinski definition) is 2. The molecule has 3 fully saturated rings. The van der Waals surface area contributed by atoms with Gasteiger partial charge in [0.15, 0.2) is 10.4 Å². The van der Waals surface area contributed by atoms with Gasteiger partial charge in [0.25, 0.3) is 0 Å². The Kier molecular flexibility index (Phi) is 1.76. The summed E-state index contributed by atoms with van der Waals surface area (Å²) in [7, 11) is 2.03. The summed E-state index contributed by atoms with van der Waals surface area (Å²) in [5.41, 5.74) is 3.38. The maximum Gasteiger partial charge on any atom is 0.179 e. The first kappa shape index (κ1) is 10.7. The minimum Gasteiger partial charge on any atom is -0.328 e. The number of aromatic amines is 1. The van der Waals surface area contributed by atoms with E-state index in [0.717, 1.165) is 39.7 Å². The van der Waals surface area contributed by atoms with Crippen molar-refractivity contribution in [2.24, 2.45) is 30.7 Å². The number of fused-ring (bicyclic) bond motifs is 6. The normalized spacial score (nSPS) is 39.2. The van der Waals surface area contributed by atoms with E-state index in [1.54, 1.807) is 0 Å². The highest BCUT2D eigenvalue weighted by Gasteiger charge is 2.66. The van der Waals surface area contributed by atoms with E-state index in [1.807, 2.05) is 11.7 Å². The van der Waals surface area contributed by atoms with Gasteiger partial charge in [-0.15, -0.1) is 0 Å². The van der Waals surface area contributed by atoms with Crippen LogP contribution in [0, 0.1) is 35.4 Å². The number of H-pyrrole nitrogens is 1. The number of rotatable bonds is 1. The molecule has 4 nitrogen and oxygen atoms in total. The van der Waals surface area contributed by atoms with E-state index in [1.165, 1.54) is 24.9 Å². The molecule has 0 spiro atoms. The van der Waals surface area contributed by atoms with Crippen molar-refractivity contribution in [3.05, 3.63) is 10.5 Å². The van der Waals surface area contributed by atoms with Gasteiger partial charge in [0.2, 0.25) is 0 Å². The molecule has 0 aromatic carbocycles. The second-order valence-electron chi connectivity index (χ2n) is 6.69. The molecular formula is C14H18N4S. The molecule has 19 heavy (non-hydrogen) atoms. The van der Waals surface area contributed by atoms with E-state index in [-0.39, 0.29) is 0 Å². The Morgan fingerprint density at radius 1 is 1.26 bits per heavy atom. The van der Waals surface area contributed by atoms with Gasteiger partial charge in [-0.25, -0.2) is 0 Å². The topological polar surface area (TPSA) is 38.5 Å². The van der Waals surface area contributed by atoms with Crippen molar-refractivity contribution in [1.29, 1.82) is 0 Å². The molecular weight excluding hydrogens is 256 g/mol. The Hall–Kier alpha value is -1.10. The van der Waals surface area contributed by atoms with Crippen molar-refractivity contribution in [2.75, 3.05) is 0 Å². The van der Waals surface area contributed by atoms with Gasteiger partial charge in [0.1, 0.15) is 5.52 Å². The zero-order chi connectivity index (χ0) is 12.9. The molecule has 5 heteroatoms. The average Bonchev–Trinajstić information content (AvgIpc) is 2.76. The lowest BCUT2D eigenvalue weighted by atomic mass is 10.0. The lowest BCUT2D eigenvalue weighted by Crippen LogP contribution is -2.07. The molecule has 2 aromatic heterocycles. The fourth-order valence-corrected chi connectivity index (χ4v) is 5.54. The Morgan fingerprint density at radius 2 is 1.95 bits per heavy atom. The summed E-state index contributed by atoms with van der Waals surface area (Å²) in [6.45, 7) is 2.05. The minimum atomic E-state index is 0.655. The third-order valence-electron chi connectivity index (χ3n) is 5.86. The molecule has 4 atom stereocenters. The molecule has 4 unspecified atom stereocenters. The summed E-state index contributed by atoms with van der Waals surface area (Å²) in [5.74, 6) is 3.75. The molecule has 5 rings (SSSR count). The second kappa shape index (κ2) is 3.14. The fraction of sp³-hybridized carbons (Fsp3) is 0.714. The number of aryl methyl sites for hydroxylation is 2. The highest BCUT2D eigenvalue weighted by molar-refractivity contribution is 7.71. The van der Waals surface area contributed by atoms with E-state index in [0.29, 0.717) is 6.04 Å². The van der Waals surface area contributed by atoms with Crippen LogP contribution in [0.25, 0.3) is 11.2 Å². The number of imidazole rings is 1. The van der Waals surface area contributed by atoms with Gasteiger partial charge >= 0.3 is 0 Å². The molecule has 0 amide bonds. The first-order valence-corrected chi connectivity index (χ1v) is 7.71. The quantitative estimate of drug-likeness (QED) is 0.812. The van der Waals surface area contributed by atoms with Crippen molar-refractivity contribution >= 4 is 23.4 Å². The highest BCUT2D eigenvalue weighted by Crippen LogP contribution is 2.71. The van der Waals surface area contributed by atoms with Crippen molar-refractivity contribution in [3.8, 4) is 0 Å². The standard InChI is InChI=1S/C14H18N4S/c1-6-11-13(17(2)16-6)18(14(19)15-11)12-9-7-3-4-8(5-7)10(9)12/h7-10,12H,3-5H2,1-2H3,(H,15,19). The summed E-state index contributed by atoms with van der Waals surface area (Å²) < 4.78 is 5.27. The van der Waals surface area contributed by atoms with E-state index in [4.69, 9.17) is 12.2 Å². The predicted octanol–water partition coefficient (Wildman–Crippen LogP) is 2.96. The maximum absolute atomic E-state index is 5.58. The van der Waals surface area contributed by atoms with Crippen LogP contribution in [0.2, 0.25) is 0 Å². The zero-order valence-corrected chi connectivity index (χ0v) is 12.1. The highest BCUT2D eigenvalue weighted by atomic mass is 32.1. The lowest BCUT2D eigenvalue weighted by molar-refractivity contribution is 0.453. The molecule has 0 radical (unpaired) electrons. The van der Waals surface area contributed by atoms with Crippen LogP contribution >= 0.6 is 12.2 Å². The number of hydrogen-bond donors (Lipinski definition) is 1. The van der Waals surface area contributed by atoms with E-state index < -0.39 is 0 Å². The molecule has 0 aliphatic heterocycles. The zero-order valence-electron chi connectivity index (χ0n) is 11.3. The Labute approximate surface area is 116 Å². The molecule has 3 aliphatic rings.